The molecule has 2 aromatic carbocycles. The van der Waals surface area contributed by atoms with Gasteiger partial charge in [-0.25, -0.2) is 4.98 Å². The molecule has 172 valence electrons. The first-order valence-electron chi connectivity index (χ1n) is 11.8. The first-order chi connectivity index (χ1) is 16.0. The van der Waals surface area contributed by atoms with Gasteiger partial charge < -0.3 is 14.4 Å². The normalized spacial score (nSPS) is 20.3. The number of rotatable bonds is 5. The number of hydrogen-bond donors (Lipinski definition) is 0. The van der Waals surface area contributed by atoms with Crippen LogP contribution in [-0.2, 0) is 22.6 Å². The Morgan fingerprint density at radius 1 is 1.00 bits per heavy atom. The monoisotopic (exact) mass is 462 g/mol. The molecule has 2 atom stereocenters. The number of carbonyl (C=O) groups is 2. The van der Waals surface area contributed by atoms with E-state index in [1.54, 1.807) is 0 Å². The number of piperidine rings is 1. The molecule has 1 aromatic heterocycles. The smallest absolute Gasteiger partial charge is 0.243 e. The quantitative estimate of drug-likeness (QED) is 0.524. The van der Waals surface area contributed by atoms with Crippen molar-refractivity contribution in [3.63, 3.8) is 0 Å². The van der Waals surface area contributed by atoms with Gasteiger partial charge in [0.1, 0.15) is 6.54 Å². The van der Waals surface area contributed by atoms with Crippen LogP contribution in [0.25, 0.3) is 11.0 Å². The van der Waals surface area contributed by atoms with Crippen molar-refractivity contribution in [2.24, 2.45) is 0 Å². The van der Waals surface area contributed by atoms with Crippen LogP contribution < -0.4 is 4.90 Å². The molecule has 0 aliphatic carbocycles. The Morgan fingerprint density at radius 2 is 1.73 bits per heavy atom. The number of thioether (sulfide) groups is 1. The number of para-hydroxylation sites is 3. The molecule has 2 aliphatic heterocycles. The number of nitrogens with zero attached hydrogens (tertiary/aromatic N) is 4. The molecule has 1 saturated heterocycles. The molecule has 0 unspecified atom stereocenters. The Kier molecular flexibility index (Phi) is 6.15. The molecule has 3 aromatic rings. The summed E-state index contributed by atoms with van der Waals surface area (Å²) in [4.78, 5) is 35.1. The number of aromatic nitrogens is 2. The zero-order valence-electron chi connectivity index (χ0n) is 19.2. The molecule has 2 aliphatic rings. The van der Waals surface area contributed by atoms with Crippen molar-refractivity contribution in [1.82, 2.24) is 14.5 Å². The minimum absolute atomic E-state index is 0.0770. The summed E-state index contributed by atoms with van der Waals surface area (Å²) in [5.41, 5.74) is 4.02. The van der Waals surface area contributed by atoms with Gasteiger partial charge >= 0.3 is 0 Å². The van der Waals surface area contributed by atoms with Crippen LogP contribution in [-0.4, -0.2) is 50.6 Å². The number of amides is 2. The van der Waals surface area contributed by atoms with Gasteiger partial charge in [0.25, 0.3) is 0 Å². The Bertz CT molecular complexity index is 1180. The summed E-state index contributed by atoms with van der Waals surface area (Å²) < 4.78 is 1.99. The van der Waals surface area contributed by atoms with E-state index >= 15 is 0 Å². The average Bonchev–Trinajstić information content (AvgIpc) is 3.39. The first-order valence-corrected chi connectivity index (χ1v) is 12.8. The number of benzene rings is 2. The maximum atomic E-state index is 13.4. The van der Waals surface area contributed by atoms with E-state index in [1.807, 2.05) is 56.8 Å². The van der Waals surface area contributed by atoms with E-state index < -0.39 is 0 Å². The highest BCUT2D eigenvalue weighted by Crippen LogP contribution is 2.30. The van der Waals surface area contributed by atoms with Crippen LogP contribution in [0.1, 0.15) is 38.7 Å². The van der Waals surface area contributed by atoms with Crippen LogP contribution in [0.4, 0.5) is 5.69 Å². The lowest BCUT2D eigenvalue weighted by atomic mass is 9.97. The number of hydrogen-bond acceptors (Lipinski definition) is 4. The summed E-state index contributed by atoms with van der Waals surface area (Å²) in [6.07, 6.45) is 4.16. The number of imidazole rings is 1. The predicted molar refractivity (Wildman–Crippen MR) is 133 cm³/mol. The third kappa shape index (κ3) is 4.26. The lowest BCUT2D eigenvalue weighted by Gasteiger charge is -2.39. The maximum Gasteiger partial charge on any atom is 0.243 e. The number of likely N-dealkylation sites (tertiary alicyclic amines) is 1. The highest BCUT2D eigenvalue weighted by molar-refractivity contribution is 7.99. The van der Waals surface area contributed by atoms with Gasteiger partial charge in [-0.1, -0.05) is 42.1 Å². The number of fused-ring (bicyclic) bond motifs is 2. The topological polar surface area (TPSA) is 58.4 Å². The highest BCUT2D eigenvalue weighted by atomic mass is 32.2. The van der Waals surface area contributed by atoms with E-state index in [-0.39, 0.29) is 30.4 Å². The van der Waals surface area contributed by atoms with Crippen molar-refractivity contribution in [2.45, 2.75) is 63.3 Å². The standard InChI is InChI=1S/C26H30N4O2S/c1-18-8-7-9-19(2)30(18)24(31)16-29-23-13-6-4-11-21(23)27-26(29)33-17-25(32)28-15-14-20-10-3-5-12-22(20)28/h3-6,10-13,18-19H,7-9,14-17H2,1-2H3/t18-,19-/m0/s1. The van der Waals surface area contributed by atoms with Gasteiger partial charge in [-0.2, -0.15) is 0 Å². The van der Waals surface area contributed by atoms with E-state index in [9.17, 15) is 9.59 Å². The second kappa shape index (κ2) is 9.21. The fraction of sp³-hybridized carbons (Fsp3) is 0.423. The average molecular weight is 463 g/mol. The van der Waals surface area contributed by atoms with E-state index in [0.29, 0.717) is 5.75 Å². The van der Waals surface area contributed by atoms with Crippen LogP contribution >= 0.6 is 11.8 Å². The van der Waals surface area contributed by atoms with Gasteiger partial charge in [0, 0.05) is 24.3 Å². The van der Waals surface area contributed by atoms with Crippen LogP contribution in [0.5, 0.6) is 0 Å². The Morgan fingerprint density at radius 3 is 2.55 bits per heavy atom. The molecular weight excluding hydrogens is 432 g/mol. The zero-order chi connectivity index (χ0) is 22.9. The molecule has 5 rings (SSSR count). The van der Waals surface area contributed by atoms with Crippen LogP contribution in [0.15, 0.2) is 53.7 Å². The zero-order valence-corrected chi connectivity index (χ0v) is 20.1. The Hall–Kier alpha value is -2.80. The maximum absolute atomic E-state index is 13.4. The van der Waals surface area contributed by atoms with Crippen molar-refractivity contribution in [3.8, 4) is 0 Å². The first kappa shape index (κ1) is 22.0. The second-order valence-corrected chi connectivity index (χ2v) is 10.1. The van der Waals surface area contributed by atoms with Gasteiger partial charge in [-0.3, -0.25) is 9.59 Å². The fourth-order valence-electron chi connectivity index (χ4n) is 5.25. The molecule has 2 amide bonds. The minimum atomic E-state index is 0.0770. The van der Waals surface area contributed by atoms with Gasteiger partial charge in [-0.15, -0.1) is 0 Å². The molecule has 0 N–H and O–H groups in total. The number of carbonyl (C=O) groups excluding carboxylic acids is 2. The summed E-state index contributed by atoms with van der Waals surface area (Å²) in [5.74, 6) is 0.496. The predicted octanol–water partition coefficient (Wildman–Crippen LogP) is 4.51. The molecule has 0 spiro atoms. The molecule has 33 heavy (non-hydrogen) atoms. The molecule has 0 radical (unpaired) electrons. The van der Waals surface area contributed by atoms with Gasteiger partial charge in [0.05, 0.1) is 16.8 Å². The van der Waals surface area contributed by atoms with Gasteiger partial charge in [0.15, 0.2) is 5.16 Å². The fourth-order valence-corrected chi connectivity index (χ4v) is 6.14. The van der Waals surface area contributed by atoms with Crippen molar-refractivity contribution in [2.75, 3.05) is 17.2 Å². The number of anilines is 1. The second-order valence-electron chi connectivity index (χ2n) is 9.11. The van der Waals surface area contributed by atoms with Crippen LogP contribution in [0.3, 0.4) is 0 Å². The van der Waals surface area contributed by atoms with E-state index in [0.717, 1.165) is 47.7 Å². The molecule has 0 saturated carbocycles. The Balaban J connectivity index is 1.36. The largest absolute Gasteiger partial charge is 0.336 e. The molecule has 1 fully saturated rings. The molecular formula is C26H30N4O2S. The summed E-state index contributed by atoms with van der Waals surface area (Å²) >= 11 is 1.42. The van der Waals surface area contributed by atoms with Gasteiger partial charge in [-0.05, 0) is 63.3 Å². The van der Waals surface area contributed by atoms with Crippen molar-refractivity contribution in [3.05, 3.63) is 54.1 Å². The van der Waals surface area contributed by atoms with Crippen molar-refractivity contribution < 1.29 is 9.59 Å². The highest BCUT2D eigenvalue weighted by Gasteiger charge is 2.30. The third-order valence-electron chi connectivity index (χ3n) is 6.91. The molecule has 3 heterocycles. The van der Waals surface area contributed by atoms with Gasteiger partial charge in [0.2, 0.25) is 11.8 Å². The molecule has 7 heteroatoms. The third-order valence-corrected chi connectivity index (χ3v) is 7.87. The van der Waals surface area contributed by atoms with Crippen LogP contribution in [0.2, 0.25) is 0 Å². The lowest BCUT2D eigenvalue weighted by molar-refractivity contribution is -0.138. The summed E-state index contributed by atoms with van der Waals surface area (Å²) in [6, 6.07) is 16.5. The Labute approximate surface area is 199 Å². The van der Waals surface area contributed by atoms with E-state index in [4.69, 9.17) is 4.98 Å². The van der Waals surface area contributed by atoms with E-state index in [1.165, 1.54) is 23.7 Å². The summed E-state index contributed by atoms with van der Waals surface area (Å²) in [5, 5.41) is 0.725. The van der Waals surface area contributed by atoms with Crippen molar-refractivity contribution >= 4 is 40.3 Å². The molecule has 0 bridgehead atoms. The van der Waals surface area contributed by atoms with Crippen molar-refractivity contribution in [1.29, 1.82) is 0 Å². The van der Waals surface area contributed by atoms with E-state index in [2.05, 4.69) is 19.9 Å². The summed E-state index contributed by atoms with van der Waals surface area (Å²) in [6.45, 7) is 5.25. The lowest BCUT2D eigenvalue weighted by Crippen LogP contribution is -2.48. The minimum Gasteiger partial charge on any atom is -0.336 e. The van der Waals surface area contributed by atoms with Crippen LogP contribution in [0, 0.1) is 0 Å². The molecule has 6 nitrogen and oxygen atoms in total. The SMILES string of the molecule is C[C@H]1CCC[C@H](C)N1C(=O)Cn1c(SCC(=O)N2CCc3ccccc32)nc2ccccc21. The summed E-state index contributed by atoms with van der Waals surface area (Å²) in [7, 11) is 0.